The Hall–Kier alpha value is -4.43. The van der Waals surface area contributed by atoms with Crippen LogP contribution in [0.25, 0.3) is 0 Å². The molecule has 0 aromatic heterocycles. The van der Waals surface area contributed by atoms with Crippen LogP contribution < -0.4 is 16.0 Å². The molecule has 3 rings (SSSR count). The van der Waals surface area contributed by atoms with Gasteiger partial charge in [0, 0.05) is 13.0 Å². The number of rotatable bonds is 11. The molecule has 14 heteroatoms. The topological polar surface area (TPSA) is 195 Å². The smallest absolute Gasteiger partial charge is 0.480 e. The van der Waals surface area contributed by atoms with E-state index >= 15 is 0 Å². The van der Waals surface area contributed by atoms with Gasteiger partial charge in [0.2, 0.25) is 17.7 Å². The number of ether oxygens (including phenoxy) is 1. The third-order valence-corrected chi connectivity index (χ3v) is 6.12. The Morgan fingerprint density at radius 1 is 0.976 bits per heavy atom. The minimum absolute atomic E-state index is 0. The number of hydrogen-bond acceptors (Lipinski definition) is 8. The fourth-order valence-electron chi connectivity index (χ4n) is 4.08. The highest BCUT2D eigenvalue weighted by atomic mass is 16.5. The average molecular weight is 569 g/mol. The van der Waals surface area contributed by atoms with Crippen molar-refractivity contribution in [1.29, 1.82) is 0 Å². The number of amides is 4. The van der Waals surface area contributed by atoms with Crippen LogP contribution in [-0.2, 0) is 36.9 Å². The fraction of sp³-hybridized carbons (Fsp3) is 0.370. The molecule has 1 heterocycles. The molecule has 0 spiro atoms. The van der Waals surface area contributed by atoms with Gasteiger partial charge >= 0.3 is 19.7 Å². The van der Waals surface area contributed by atoms with Crippen LogP contribution in [0, 0.1) is 0 Å². The van der Waals surface area contributed by atoms with Crippen molar-refractivity contribution in [2.45, 2.75) is 50.9 Å². The maximum absolute atomic E-state index is 12.9. The molecule has 41 heavy (non-hydrogen) atoms. The van der Waals surface area contributed by atoms with Gasteiger partial charge in [0.25, 0.3) is 0 Å². The van der Waals surface area contributed by atoms with E-state index in [1.807, 2.05) is 18.2 Å². The average Bonchev–Trinajstić information content (AvgIpc) is 3.46. The highest BCUT2D eigenvalue weighted by Crippen LogP contribution is 2.17. The quantitative estimate of drug-likeness (QED) is 0.198. The first-order valence-corrected chi connectivity index (χ1v) is 12.9. The zero-order valence-electron chi connectivity index (χ0n) is 22.6. The second-order valence-corrected chi connectivity index (χ2v) is 9.10. The van der Waals surface area contributed by atoms with Crippen LogP contribution in [0.15, 0.2) is 60.7 Å². The minimum atomic E-state index is -1.19. The van der Waals surface area contributed by atoms with Crippen LogP contribution in [-0.4, -0.2) is 88.7 Å². The summed E-state index contributed by atoms with van der Waals surface area (Å²) in [5.74, 6) is -2.83. The third kappa shape index (κ3) is 11.3. The molecule has 1 fully saturated rings. The Morgan fingerprint density at radius 3 is 2.15 bits per heavy atom. The number of carboxylic acid groups (broad SMARTS) is 1. The first-order valence-electron chi connectivity index (χ1n) is 12.9. The Kier molecular flexibility index (Phi) is 13.8. The number of carboxylic acids is 1. The van der Waals surface area contributed by atoms with Crippen molar-refractivity contribution in [2.24, 2.45) is 0 Å². The standard InChI is InChI=1S/C27H32N4O7.BH2O2/c1-18(24(33)30-21(26(35)36)15-19-9-4-2-5-10-19)29-25(34)22-13-8-14-31(22)23(32)16-28-27(37)38-17-20-11-6-3-7-12-20;2-1-3/h2-7,9-12,18,21-22H,8,13-17H2,1H3,(H,28,37)(H,29,34)(H,30,33)(H,35,36);2-3H. The molecule has 6 N–H and O–H groups in total. The molecule has 0 bridgehead atoms. The highest BCUT2D eigenvalue weighted by Gasteiger charge is 2.35. The van der Waals surface area contributed by atoms with Crippen LogP contribution in [0.2, 0.25) is 0 Å². The molecular weight excluding hydrogens is 535 g/mol. The third-order valence-electron chi connectivity index (χ3n) is 6.12. The predicted molar refractivity (Wildman–Crippen MR) is 147 cm³/mol. The molecule has 3 atom stereocenters. The van der Waals surface area contributed by atoms with Crippen LogP contribution in [0.1, 0.15) is 30.9 Å². The Balaban J connectivity index is 0.00000187. The van der Waals surface area contributed by atoms with E-state index in [9.17, 15) is 29.1 Å². The lowest BCUT2D eigenvalue weighted by Crippen LogP contribution is -2.55. The van der Waals surface area contributed by atoms with Crippen molar-refractivity contribution in [1.82, 2.24) is 20.9 Å². The summed E-state index contributed by atoms with van der Waals surface area (Å²) in [6.07, 6.45) is 0.321. The second kappa shape index (κ2) is 17.3. The highest BCUT2D eigenvalue weighted by molar-refractivity contribution is 6.13. The van der Waals surface area contributed by atoms with Crippen molar-refractivity contribution in [3.63, 3.8) is 0 Å². The normalized spacial score (nSPS) is 15.3. The first-order chi connectivity index (χ1) is 19.7. The number of hydrogen-bond donors (Lipinski definition) is 6. The molecule has 2 aromatic carbocycles. The van der Waals surface area contributed by atoms with Gasteiger partial charge in [0.05, 0.1) is 0 Å². The van der Waals surface area contributed by atoms with Crippen molar-refractivity contribution < 1.29 is 43.9 Å². The number of alkyl carbamates (subject to hydrolysis) is 1. The minimum Gasteiger partial charge on any atom is -0.480 e. The Labute approximate surface area is 238 Å². The lowest BCUT2D eigenvalue weighted by molar-refractivity contribution is -0.142. The van der Waals surface area contributed by atoms with E-state index in [0.29, 0.717) is 19.4 Å². The summed E-state index contributed by atoms with van der Waals surface area (Å²) in [5.41, 5.74) is 1.55. The first kappa shape index (κ1) is 32.8. The number of nitrogens with one attached hydrogen (secondary N) is 3. The van der Waals surface area contributed by atoms with Crippen molar-refractivity contribution in [2.75, 3.05) is 13.1 Å². The fourth-order valence-corrected chi connectivity index (χ4v) is 4.08. The Morgan fingerprint density at radius 2 is 1.56 bits per heavy atom. The van der Waals surface area contributed by atoms with Gasteiger partial charge in [-0.05, 0) is 30.9 Å². The number of benzene rings is 2. The lowest BCUT2D eigenvalue weighted by Gasteiger charge is -2.26. The van der Waals surface area contributed by atoms with Crippen molar-refractivity contribution in [3.8, 4) is 0 Å². The van der Waals surface area contributed by atoms with E-state index in [0.717, 1.165) is 11.1 Å². The summed E-state index contributed by atoms with van der Waals surface area (Å²) in [5, 5.41) is 30.9. The molecule has 2 aromatic rings. The number of aliphatic carboxylic acids is 1. The summed E-state index contributed by atoms with van der Waals surface area (Å²) < 4.78 is 5.09. The molecule has 3 unspecified atom stereocenters. The van der Waals surface area contributed by atoms with E-state index in [1.54, 1.807) is 42.5 Å². The van der Waals surface area contributed by atoms with Gasteiger partial charge in [-0.15, -0.1) is 0 Å². The van der Waals surface area contributed by atoms with Gasteiger partial charge in [0.1, 0.15) is 31.3 Å². The summed E-state index contributed by atoms with van der Waals surface area (Å²) in [7, 11) is 0. The second-order valence-electron chi connectivity index (χ2n) is 9.10. The molecule has 4 amide bonds. The summed E-state index contributed by atoms with van der Waals surface area (Å²) in [6, 6.07) is 15.0. The van der Waals surface area contributed by atoms with Crippen molar-refractivity contribution >= 4 is 37.5 Å². The van der Waals surface area contributed by atoms with E-state index in [1.165, 1.54) is 11.8 Å². The maximum Gasteiger partial charge on any atom is 0.482 e. The number of likely N-dealkylation sites (tertiary alicyclic amines) is 1. The van der Waals surface area contributed by atoms with Crippen molar-refractivity contribution in [3.05, 3.63) is 71.8 Å². The van der Waals surface area contributed by atoms with Crippen LogP contribution in [0.4, 0.5) is 4.79 Å². The van der Waals surface area contributed by atoms with Gasteiger partial charge in [0.15, 0.2) is 0 Å². The van der Waals surface area contributed by atoms with Crippen LogP contribution >= 0.6 is 0 Å². The molecule has 1 saturated heterocycles. The van der Waals surface area contributed by atoms with E-state index in [-0.39, 0.29) is 27.3 Å². The maximum atomic E-state index is 12.9. The van der Waals surface area contributed by atoms with Crippen LogP contribution in [0.3, 0.4) is 0 Å². The number of carbonyl (C=O) groups is 5. The molecule has 219 valence electrons. The molecule has 1 aliphatic rings. The lowest BCUT2D eigenvalue weighted by atomic mass is 10.1. The van der Waals surface area contributed by atoms with E-state index in [2.05, 4.69) is 16.0 Å². The molecule has 1 radical (unpaired) electrons. The van der Waals surface area contributed by atoms with Gasteiger partial charge in [-0.25, -0.2) is 9.59 Å². The van der Waals surface area contributed by atoms with Gasteiger partial charge < -0.3 is 40.7 Å². The molecular formula is C27H34BN4O9. The van der Waals surface area contributed by atoms with Gasteiger partial charge in [-0.1, -0.05) is 60.7 Å². The molecule has 0 saturated carbocycles. The zero-order chi connectivity index (χ0) is 30.2. The number of carbonyl (C=O) groups excluding carboxylic acids is 4. The summed E-state index contributed by atoms with van der Waals surface area (Å²) >= 11 is 0. The molecule has 13 nitrogen and oxygen atoms in total. The molecule has 1 aliphatic heterocycles. The summed E-state index contributed by atoms with van der Waals surface area (Å²) in [4.78, 5) is 63.1. The molecule has 0 aliphatic carbocycles. The zero-order valence-corrected chi connectivity index (χ0v) is 22.6. The van der Waals surface area contributed by atoms with Gasteiger partial charge in [-0.3, -0.25) is 14.4 Å². The summed E-state index contributed by atoms with van der Waals surface area (Å²) in [6.45, 7) is 1.49. The van der Waals surface area contributed by atoms with Crippen LogP contribution in [0.5, 0.6) is 0 Å². The van der Waals surface area contributed by atoms with E-state index < -0.39 is 47.9 Å². The SMILES string of the molecule is CC(NC(=O)C1CCCN1C(=O)CNC(=O)OCc1ccccc1)C(=O)NC(Cc1ccccc1)C(=O)O.O[B]O. The Bertz CT molecular complexity index is 1150. The predicted octanol–water partition coefficient (Wildman–Crippen LogP) is -0.274. The van der Waals surface area contributed by atoms with E-state index in [4.69, 9.17) is 14.8 Å². The monoisotopic (exact) mass is 569 g/mol. The number of nitrogens with zero attached hydrogens (tertiary/aromatic N) is 1. The van der Waals surface area contributed by atoms with Gasteiger partial charge in [-0.2, -0.15) is 0 Å². The largest absolute Gasteiger partial charge is 0.482 e.